The first-order valence-electron chi connectivity index (χ1n) is 14.4. The number of ether oxygens (including phenoxy) is 1. The zero-order valence-electron chi connectivity index (χ0n) is 23.7. The van der Waals surface area contributed by atoms with Gasteiger partial charge in [0, 0.05) is 26.1 Å². The summed E-state index contributed by atoms with van der Waals surface area (Å²) < 4.78 is 6.80. The summed E-state index contributed by atoms with van der Waals surface area (Å²) in [4.78, 5) is 19.2. The van der Waals surface area contributed by atoms with Gasteiger partial charge in [-0.2, -0.15) is 0 Å². The molecule has 0 amide bonds. The summed E-state index contributed by atoms with van der Waals surface area (Å²) in [6.45, 7) is 8.54. The summed E-state index contributed by atoms with van der Waals surface area (Å²) in [5, 5.41) is 15.2. The Kier molecular flexibility index (Phi) is 8.57. The number of nitrogens with zero attached hydrogens (tertiary/aromatic N) is 3. The lowest BCUT2D eigenvalue weighted by Crippen LogP contribution is -2.66. The van der Waals surface area contributed by atoms with Gasteiger partial charge in [-0.15, -0.1) is 0 Å². The molecular formula is C32H41N5O3. The molecule has 2 aromatic carbocycles. The summed E-state index contributed by atoms with van der Waals surface area (Å²) in [6, 6.07) is 20.8. The predicted molar refractivity (Wildman–Crippen MR) is 157 cm³/mol. The lowest BCUT2D eigenvalue weighted by Gasteiger charge is -2.49. The van der Waals surface area contributed by atoms with Gasteiger partial charge in [-0.25, -0.2) is 10.0 Å². The van der Waals surface area contributed by atoms with Gasteiger partial charge >= 0.3 is 5.97 Å². The molecule has 1 saturated heterocycles. The Labute approximate surface area is 237 Å². The first-order chi connectivity index (χ1) is 19.4. The van der Waals surface area contributed by atoms with Crippen LogP contribution in [0.1, 0.15) is 63.7 Å². The topological polar surface area (TPSA) is 89.4 Å². The molecule has 2 atom stereocenters. The molecule has 0 spiro atoms. The quantitative estimate of drug-likeness (QED) is 0.366. The number of carbonyl (C=O) groups is 1. The summed E-state index contributed by atoms with van der Waals surface area (Å²) in [5.74, 6) is 0.402. The number of allylic oxidation sites excluding steroid dienone is 2. The van der Waals surface area contributed by atoms with Gasteiger partial charge in [-0.1, -0.05) is 74.5 Å². The van der Waals surface area contributed by atoms with Crippen LogP contribution in [0.3, 0.4) is 0 Å². The van der Waals surface area contributed by atoms with E-state index in [0.29, 0.717) is 6.42 Å². The van der Waals surface area contributed by atoms with E-state index in [1.807, 2.05) is 24.3 Å². The molecular weight excluding hydrogens is 502 g/mol. The Morgan fingerprint density at radius 3 is 2.30 bits per heavy atom. The van der Waals surface area contributed by atoms with Crippen LogP contribution in [-0.4, -0.2) is 58.1 Å². The number of fused-ring (bicyclic) bond motifs is 1. The fourth-order valence-electron chi connectivity index (χ4n) is 5.76. The second-order valence-corrected chi connectivity index (χ2v) is 11.0. The van der Waals surface area contributed by atoms with E-state index < -0.39 is 17.6 Å². The monoisotopic (exact) mass is 543 g/mol. The highest BCUT2D eigenvalue weighted by atomic mass is 16.5. The Balaban J connectivity index is 1.33. The average molecular weight is 544 g/mol. The number of benzene rings is 2. The molecule has 0 aliphatic carbocycles. The van der Waals surface area contributed by atoms with Crippen molar-refractivity contribution in [3.05, 3.63) is 95.6 Å². The Morgan fingerprint density at radius 1 is 1.10 bits per heavy atom. The third-order valence-corrected chi connectivity index (χ3v) is 8.17. The maximum Gasteiger partial charge on any atom is 0.306 e. The molecule has 0 saturated carbocycles. The smallest absolute Gasteiger partial charge is 0.306 e. The second-order valence-electron chi connectivity index (χ2n) is 11.0. The van der Waals surface area contributed by atoms with Crippen LogP contribution in [0.15, 0.2) is 89.5 Å². The molecule has 0 radical (unpaired) electrons. The van der Waals surface area contributed by atoms with E-state index in [2.05, 4.69) is 83.0 Å². The number of likely N-dealkylation sites (tertiary alicyclic amines) is 1. The van der Waals surface area contributed by atoms with Crippen molar-refractivity contribution in [1.29, 1.82) is 0 Å². The Bertz CT molecular complexity index is 1210. The molecule has 2 unspecified atom stereocenters. The van der Waals surface area contributed by atoms with E-state index in [-0.39, 0.29) is 12.2 Å². The maximum atomic E-state index is 11.8. The molecule has 2 aromatic rings. The number of hydrogen-bond donors (Lipinski definition) is 3. The van der Waals surface area contributed by atoms with Crippen LogP contribution >= 0.6 is 0 Å². The first kappa shape index (κ1) is 27.9. The zero-order valence-corrected chi connectivity index (χ0v) is 23.7. The van der Waals surface area contributed by atoms with Crippen LogP contribution in [0.25, 0.3) is 0 Å². The predicted octanol–water partition coefficient (Wildman–Crippen LogP) is 5.04. The van der Waals surface area contributed by atoms with Crippen molar-refractivity contribution in [1.82, 2.24) is 20.7 Å². The molecule has 212 valence electrons. The Hall–Kier alpha value is -3.62. The van der Waals surface area contributed by atoms with E-state index in [4.69, 9.17) is 9.73 Å². The second kappa shape index (κ2) is 12.3. The minimum atomic E-state index is -0.805. The normalized spacial score (nSPS) is 22.2. The molecule has 40 heavy (non-hydrogen) atoms. The summed E-state index contributed by atoms with van der Waals surface area (Å²) >= 11 is 0. The lowest BCUT2D eigenvalue weighted by molar-refractivity contribution is -0.140. The van der Waals surface area contributed by atoms with Gasteiger partial charge in [0.15, 0.2) is 5.66 Å². The fraction of sp³-hybridized carbons (Fsp3) is 0.438. The van der Waals surface area contributed by atoms with Crippen LogP contribution in [0.2, 0.25) is 0 Å². The van der Waals surface area contributed by atoms with Crippen LogP contribution in [0.4, 0.5) is 0 Å². The van der Waals surface area contributed by atoms with E-state index in [0.717, 1.165) is 67.4 Å². The summed E-state index contributed by atoms with van der Waals surface area (Å²) in [6.07, 6.45) is 7.15. The molecule has 3 heterocycles. The fourth-order valence-corrected chi connectivity index (χ4v) is 5.76. The number of carboxylic acids is 1. The van der Waals surface area contributed by atoms with Gasteiger partial charge in [-0.3, -0.25) is 15.1 Å². The third kappa shape index (κ3) is 5.78. The molecule has 0 bridgehead atoms. The maximum absolute atomic E-state index is 11.8. The van der Waals surface area contributed by atoms with Crippen molar-refractivity contribution >= 4 is 11.7 Å². The van der Waals surface area contributed by atoms with Crippen LogP contribution in [-0.2, 0) is 9.53 Å². The molecule has 3 aliphatic heterocycles. The molecule has 5 rings (SSSR count). The van der Waals surface area contributed by atoms with Gasteiger partial charge < -0.3 is 15.2 Å². The highest BCUT2D eigenvalue weighted by molar-refractivity contribution is 5.97. The van der Waals surface area contributed by atoms with Crippen molar-refractivity contribution in [2.75, 3.05) is 19.6 Å². The number of carboxylic acid groups (broad SMARTS) is 1. The van der Waals surface area contributed by atoms with Gasteiger partial charge in [0.25, 0.3) is 0 Å². The highest BCUT2D eigenvalue weighted by Gasteiger charge is 2.50. The van der Waals surface area contributed by atoms with Gasteiger partial charge in [0.1, 0.15) is 17.7 Å². The van der Waals surface area contributed by atoms with E-state index >= 15 is 0 Å². The van der Waals surface area contributed by atoms with Crippen molar-refractivity contribution in [3.63, 3.8) is 0 Å². The minimum Gasteiger partial charge on any atom is -0.481 e. The number of nitrogens with one attached hydrogen (secondary N) is 2. The minimum absolute atomic E-state index is 0.107. The lowest BCUT2D eigenvalue weighted by atomic mass is 9.92. The van der Waals surface area contributed by atoms with E-state index in [1.54, 1.807) is 6.92 Å². The van der Waals surface area contributed by atoms with E-state index in [1.165, 1.54) is 0 Å². The summed E-state index contributed by atoms with van der Waals surface area (Å²) in [5.41, 5.74) is 6.13. The third-order valence-electron chi connectivity index (χ3n) is 8.17. The molecule has 3 aliphatic rings. The number of hydrazine groups is 1. The standard InChI is InChI=1S/C32H41N5O3/c1-4-19-33-28-15-16-29-34-27(22-23(2)31(38)39)32(3,37(29)35-28)36-20-17-26(18-21-36)40-30(24-11-7-5-8-12-24)25-13-9-6-10-14-25/h5-16,23,26,30,33,35H,4,17-22H2,1-3H3,(H,38,39). The van der Waals surface area contributed by atoms with Crippen LogP contribution < -0.4 is 10.7 Å². The van der Waals surface area contributed by atoms with Crippen molar-refractivity contribution < 1.29 is 14.6 Å². The first-order valence-corrected chi connectivity index (χ1v) is 14.4. The van der Waals surface area contributed by atoms with E-state index in [9.17, 15) is 9.90 Å². The average Bonchev–Trinajstić information content (AvgIpc) is 3.27. The number of aliphatic carboxylic acids is 1. The van der Waals surface area contributed by atoms with Crippen molar-refractivity contribution in [2.45, 2.75) is 64.3 Å². The van der Waals surface area contributed by atoms with Gasteiger partial charge in [-0.05, 0) is 49.5 Å². The van der Waals surface area contributed by atoms with Gasteiger partial charge in [0.2, 0.25) is 0 Å². The molecule has 3 N–H and O–H groups in total. The Morgan fingerprint density at radius 2 is 1.73 bits per heavy atom. The van der Waals surface area contributed by atoms with Gasteiger partial charge in [0.05, 0.1) is 17.7 Å². The van der Waals surface area contributed by atoms with Crippen LogP contribution in [0.5, 0.6) is 0 Å². The largest absolute Gasteiger partial charge is 0.481 e. The number of piperidine rings is 1. The number of rotatable bonds is 11. The molecule has 1 fully saturated rings. The highest BCUT2D eigenvalue weighted by Crippen LogP contribution is 2.39. The number of aliphatic imine (C=N–C) groups is 1. The zero-order chi connectivity index (χ0) is 28.1. The van der Waals surface area contributed by atoms with Crippen LogP contribution in [0, 0.1) is 5.92 Å². The SMILES string of the molecule is CCCNC1=CC=C2N=C(CC(C)C(=O)O)C(C)(N3CCC(OC(c4ccccc4)c4ccccc4)CC3)N2N1. The summed E-state index contributed by atoms with van der Waals surface area (Å²) in [7, 11) is 0. The van der Waals surface area contributed by atoms with Crippen molar-refractivity contribution in [3.8, 4) is 0 Å². The molecule has 8 heteroatoms. The molecule has 8 nitrogen and oxygen atoms in total. The van der Waals surface area contributed by atoms with Crippen molar-refractivity contribution in [2.24, 2.45) is 10.9 Å². The number of hydrogen-bond acceptors (Lipinski definition) is 7. The molecule has 0 aromatic heterocycles.